The Balaban J connectivity index is 1.81. The van der Waals surface area contributed by atoms with E-state index in [-0.39, 0.29) is 10.7 Å². The summed E-state index contributed by atoms with van der Waals surface area (Å²) in [4.78, 5) is 4.09. The van der Waals surface area contributed by atoms with Crippen molar-refractivity contribution in [1.29, 1.82) is 5.26 Å². The topological polar surface area (TPSA) is 101 Å². The minimum Gasteiger partial charge on any atom is -0.252 e. The van der Waals surface area contributed by atoms with Crippen molar-refractivity contribution in [3.8, 4) is 6.07 Å². The third kappa shape index (κ3) is 4.78. The van der Waals surface area contributed by atoms with Gasteiger partial charge in [-0.3, -0.25) is 4.68 Å². The summed E-state index contributed by atoms with van der Waals surface area (Å²) < 4.78 is 29.9. The number of nitriles is 1. The molecule has 0 fully saturated rings. The van der Waals surface area contributed by atoms with Crippen molar-refractivity contribution in [2.45, 2.75) is 30.8 Å². The van der Waals surface area contributed by atoms with Crippen molar-refractivity contribution >= 4 is 10.0 Å². The Kier molecular flexibility index (Phi) is 5.64. The highest BCUT2D eigenvalue weighted by Gasteiger charge is 2.21. The van der Waals surface area contributed by atoms with E-state index in [0.717, 1.165) is 11.1 Å². The maximum absolute atomic E-state index is 12.8. The van der Waals surface area contributed by atoms with Crippen LogP contribution in [0.25, 0.3) is 0 Å². The average molecular weight is 381 g/mol. The summed E-state index contributed by atoms with van der Waals surface area (Å²) in [7, 11) is -3.68. The lowest BCUT2D eigenvalue weighted by atomic mass is 10.1. The fraction of sp³-hybridized carbons (Fsp3) is 0.211. The summed E-state index contributed by atoms with van der Waals surface area (Å²) in [6.07, 6.45) is 1.93. The summed E-state index contributed by atoms with van der Waals surface area (Å²) in [6.45, 7) is 2.33. The summed E-state index contributed by atoms with van der Waals surface area (Å²) in [6, 6.07) is 17.5. The van der Waals surface area contributed by atoms with E-state index < -0.39 is 16.1 Å². The fourth-order valence-corrected chi connectivity index (χ4v) is 3.93. The van der Waals surface area contributed by atoms with E-state index in [0.29, 0.717) is 13.0 Å². The number of rotatable bonds is 7. The van der Waals surface area contributed by atoms with Crippen molar-refractivity contribution in [2.75, 3.05) is 0 Å². The van der Waals surface area contributed by atoms with Crippen molar-refractivity contribution < 1.29 is 8.42 Å². The van der Waals surface area contributed by atoms with Gasteiger partial charge in [0.2, 0.25) is 10.0 Å². The van der Waals surface area contributed by atoms with Gasteiger partial charge in [-0.25, -0.2) is 18.1 Å². The largest absolute Gasteiger partial charge is 0.252 e. The number of sulfonamides is 1. The standard InChI is InChI=1S/C19H19N5O2S/c1-15-7-9-17(10-8-15)27(25,26)23-18(16-5-3-2-4-6-16)11-12-24-14-21-19(13-20)22-24/h2-10,14,18,23H,11-12H2,1H3. The molecule has 1 aromatic heterocycles. The molecular weight excluding hydrogens is 362 g/mol. The van der Waals surface area contributed by atoms with Crippen LogP contribution in [0.15, 0.2) is 65.8 Å². The van der Waals surface area contributed by atoms with Crippen LogP contribution in [0.4, 0.5) is 0 Å². The van der Waals surface area contributed by atoms with Crippen LogP contribution in [0.2, 0.25) is 0 Å². The van der Waals surface area contributed by atoms with E-state index >= 15 is 0 Å². The average Bonchev–Trinajstić information content (AvgIpc) is 3.14. The molecule has 0 aliphatic carbocycles. The van der Waals surface area contributed by atoms with E-state index in [4.69, 9.17) is 5.26 Å². The molecule has 1 unspecified atom stereocenters. The number of nitrogens with zero attached hydrogens (tertiary/aromatic N) is 4. The molecule has 0 bridgehead atoms. The Morgan fingerprint density at radius 1 is 1.15 bits per heavy atom. The van der Waals surface area contributed by atoms with Crippen LogP contribution in [0.3, 0.4) is 0 Å². The molecule has 0 amide bonds. The molecule has 0 spiro atoms. The fourth-order valence-electron chi connectivity index (χ4n) is 2.67. The Morgan fingerprint density at radius 3 is 2.48 bits per heavy atom. The molecule has 27 heavy (non-hydrogen) atoms. The predicted octanol–water partition coefficient (Wildman–Crippen LogP) is 2.57. The summed E-state index contributed by atoms with van der Waals surface area (Å²) in [5, 5.41) is 12.9. The Hall–Kier alpha value is -3.02. The van der Waals surface area contributed by atoms with Gasteiger partial charge in [0.25, 0.3) is 5.82 Å². The van der Waals surface area contributed by atoms with Crippen LogP contribution < -0.4 is 4.72 Å². The number of benzene rings is 2. The van der Waals surface area contributed by atoms with E-state index in [1.807, 2.05) is 43.3 Å². The van der Waals surface area contributed by atoms with Gasteiger partial charge in [-0.2, -0.15) is 5.26 Å². The van der Waals surface area contributed by atoms with Crippen molar-refractivity contribution in [3.63, 3.8) is 0 Å². The zero-order chi connectivity index (χ0) is 19.3. The molecule has 0 saturated heterocycles. The van der Waals surface area contributed by atoms with Crippen LogP contribution in [0.1, 0.15) is 29.4 Å². The van der Waals surface area contributed by atoms with E-state index in [9.17, 15) is 8.42 Å². The molecular formula is C19H19N5O2S. The van der Waals surface area contributed by atoms with Crippen LogP contribution in [-0.4, -0.2) is 23.2 Å². The monoisotopic (exact) mass is 381 g/mol. The normalized spacial score (nSPS) is 12.4. The second kappa shape index (κ2) is 8.12. The number of aryl methyl sites for hydroxylation is 2. The quantitative estimate of drug-likeness (QED) is 0.678. The van der Waals surface area contributed by atoms with Crippen LogP contribution in [-0.2, 0) is 16.6 Å². The first-order valence-corrected chi connectivity index (χ1v) is 9.90. The second-order valence-electron chi connectivity index (χ2n) is 6.13. The third-order valence-corrected chi connectivity index (χ3v) is 5.60. The maximum Gasteiger partial charge on any atom is 0.252 e. The lowest BCUT2D eigenvalue weighted by Gasteiger charge is -2.19. The first-order valence-electron chi connectivity index (χ1n) is 8.41. The van der Waals surface area contributed by atoms with Gasteiger partial charge >= 0.3 is 0 Å². The predicted molar refractivity (Wildman–Crippen MR) is 100 cm³/mol. The third-order valence-electron chi connectivity index (χ3n) is 4.11. The van der Waals surface area contributed by atoms with Gasteiger partial charge in [-0.05, 0) is 31.0 Å². The number of nitrogens with one attached hydrogen (secondary N) is 1. The van der Waals surface area contributed by atoms with E-state index in [2.05, 4.69) is 14.8 Å². The molecule has 8 heteroatoms. The SMILES string of the molecule is Cc1ccc(S(=O)(=O)NC(CCn2cnc(C#N)n2)c2ccccc2)cc1. The van der Waals surface area contributed by atoms with Crippen molar-refractivity contribution in [2.24, 2.45) is 0 Å². The van der Waals surface area contributed by atoms with Gasteiger partial charge in [-0.1, -0.05) is 48.0 Å². The molecule has 138 valence electrons. The van der Waals surface area contributed by atoms with Gasteiger partial charge in [0, 0.05) is 12.6 Å². The van der Waals surface area contributed by atoms with Crippen molar-refractivity contribution in [3.05, 3.63) is 77.9 Å². The molecule has 2 aromatic carbocycles. The van der Waals surface area contributed by atoms with Gasteiger partial charge in [0.15, 0.2) is 0 Å². The van der Waals surface area contributed by atoms with Gasteiger partial charge in [0.1, 0.15) is 12.4 Å². The second-order valence-corrected chi connectivity index (χ2v) is 7.84. The lowest BCUT2D eigenvalue weighted by Crippen LogP contribution is -2.29. The summed E-state index contributed by atoms with van der Waals surface area (Å²) in [5.41, 5.74) is 1.85. The highest BCUT2D eigenvalue weighted by Crippen LogP contribution is 2.21. The van der Waals surface area contributed by atoms with E-state index in [1.165, 1.54) is 11.0 Å². The van der Waals surface area contributed by atoms with E-state index in [1.54, 1.807) is 24.3 Å². The van der Waals surface area contributed by atoms with Gasteiger partial charge in [0.05, 0.1) is 4.90 Å². The smallest absolute Gasteiger partial charge is 0.252 e. The molecule has 3 aromatic rings. The zero-order valence-corrected chi connectivity index (χ0v) is 15.6. The molecule has 7 nitrogen and oxygen atoms in total. The molecule has 0 saturated carbocycles. The summed E-state index contributed by atoms with van der Waals surface area (Å²) >= 11 is 0. The van der Waals surface area contributed by atoms with Gasteiger partial charge < -0.3 is 0 Å². The van der Waals surface area contributed by atoms with Crippen LogP contribution >= 0.6 is 0 Å². The van der Waals surface area contributed by atoms with Gasteiger partial charge in [-0.15, -0.1) is 5.10 Å². The van der Waals surface area contributed by atoms with Crippen molar-refractivity contribution in [1.82, 2.24) is 19.5 Å². The number of hydrogen-bond acceptors (Lipinski definition) is 5. The molecule has 3 rings (SSSR count). The molecule has 1 N–H and O–H groups in total. The molecule has 0 aliphatic heterocycles. The van der Waals surface area contributed by atoms with Crippen LogP contribution in [0, 0.1) is 18.3 Å². The lowest BCUT2D eigenvalue weighted by molar-refractivity contribution is 0.485. The minimum atomic E-state index is -3.68. The first-order chi connectivity index (χ1) is 13.0. The highest BCUT2D eigenvalue weighted by atomic mass is 32.2. The zero-order valence-electron chi connectivity index (χ0n) is 14.8. The molecule has 0 aliphatic rings. The summed E-state index contributed by atoms with van der Waals surface area (Å²) in [5.74, 6) is 0.0893. The molecule has 0 radical (unpaired) electrons. The number of aromatic nitrogens is 3. The maximum atomic E-state index is 12.8. The first kappa shape index (κ1) is 18.8. The molecule has 1 atom stereocenters. The molecule has 1 heterocycles. The number of hydrogen-bond donors (Lipinski definition) is 1. The Morgan fingerprint density at radius 2 is 1.85 bits per heavy atom. The minimum absolute atomic E-state index is 0.0893. The Bertz CT molecular complexity index is 1040. The highest BCUT2D eigenvalue weighted by molar-refractivity contribution is 7.89. The van der Waals surface area contributed by atoms with Crippen LogP contribution in [0.5, 0.6) is 0 Å². The Labute approximate surface area is 158 Å².